The topological polar surface area (TPSA) is 88.5 Å². The fourth-order valence-corrected chi connectivity index (χ4v) is 3.31. The van der Waals surface area contributed by atoms with E-state index in [-0.39, 0.29) is 24.5 Å². The average molecular weight is 355 g/mol. The van der Waals surface area contributed by atoms with Crippen molar-refractivity contribution in [2.45, 2.75) is 44.4 Å². The Bertz CT molecular complexity index is 504. The molecule has 0 radical (unpaired) electrons. The van der Waals surface area contributed by atoms with Gasteiger partial charge in [-0.3, -0.25) is 9.69 Å². The molecule has 142 valence electrons. The number of aliphatic hydroxyl groups excluding tert-OH is 2. The first kappa shape index (κ1) is 19.8. The zero-order valence-corrected chi connectivity index (χ0v) is 15.0. The Labute approximate surface area is 148 Å². The summed E-state index contributed by atoms with van der Waals surface area (Å²) in [5.41, 5.74) is 0. The van der Waals surface area contributed by atoms with Crippen LogP contribution in [-0.4, -0.2) is 67.3 Å². The first-order valence-corrected chi connectivity index (χ1v) is 8.83. The Balaban J connectivity index is 1.93. The molecule has 0 amide bonds. The quantitative estimate of drug-likeness (QED) is 0.474. The van der Waals surface area contributed by atoms with E-state index in [2.05, 4.69) is 4.74 Å². The normalized spacial score (nSPS) is 25.1. The predicted molar refractivity (Wildman–Crippen MR) is 91.3 cm³/mol. The van der Waals surface area contributed by atoms with Gasteiger partial charge in [-0.15, -0.1) is 0 Å². The molecule has 2 unspecified atom stereocenters. The molecule has 0 aromatic heterocycles. The van der Waals surface area contributed by atoms with Gasteiger partial charge in [-0.2, -0.15) is 0 Å². The van der Waals surface area contributed by atoms with Crippen molar-refractivity contribution in [1.82, 2.24) is 4.90 Å². The number of hydrogen-bond donors (Lipinski definition) is 2. The summed E-state index contributed by atoms with van der Waals surface area (Å²) in [5.74, 6) is 0.645. The highest BCUT2D eigenvalue weighted by Crippen LogP contribution is 2.31. The van der Waals surface area contributed by atoms with Crippen molar-refractivity contribution in [3.8, 4) is 0 Å². The van der Waals surface area contributed by atoms with E-state index in [1.54, 1.807) is 7.11 Å². The monoisotopic (exact) mass is 355 g/mol. The molecule has 2 N–H and O–H groups in total. The van der Waals surface area contributed by atoms with E-state index < -0.39 is 6.23 Å². The van der Waals surface area contributed by atoms with Crippen molar-refractivity contribution < 1.29 is 29.2 Å². The lowest BCUT2D eigenvalue weighted by molar-refractivity contribution is -0.140. The number of hydrogen-bond acceptors (Lipinski definition) is 7. The lowest BCUT2D eigenvalue weighted by atomic mass is 9.99. The van der Waals surface area contributed by atoms with Crippen molar-refractivity contribution in [3.05, 3.63) is 23.7 Å². The van der Waals surface area contributed by atoms with Crippen LogP contribution in [-0.2, 0) is 19.0 Å². The van der Waals surface area contributed by atoms with Crippen LogP contribution in [0, 0.1) is 5.92 Å². The maximum atomic E-state index is 11.1. The number of carbonyl (C=O) groups excluding carboxylic acids is 1. The molecule has 7 heteroatoms. The number of likely N-dealkylation sites (tertiary alicyclic amines) is 1. The van der Waals surface area contributed by atoms with Gasteiger partial charge >= 0.3 is 5.97 Å². The second kappa shape index (κ2) is 9.79. The molecule has 0 spiro atoms. The summed E-state index contributed by atoms with van der Waals surface area (Å²) in [7, 11) is 2.92. The first-order valence-electron chi connectivity index (χ1n) is 8.83. The fourth-order valence-electron chi connectivity index (χ4n) is 3.31. The molecular weight excluding hydrogens is 326 g/mol. The van der Waals surface area contributed by atoms with Crippen molar-refractivity contribution in [3.63, 3.8) is 0 Å². The molecule has 1 saturated heterocycles. The minimum atomic E-state index is -0.723. The lowest BCUT2D eigenvalue weighted by Gasteiger charge is -2.39. The summed E-state index contributed by atoms with van der Waals surface area (Å²) in [6.45, 7) is 1.18. The number of aliphatic hydroxyl groups is 2. The molecule has 7 nitrogen and oxygen atoms in total. The van der Waals surface area contributed by atoms with Crippen LogP contribution >= 0.6 is 0 Å². The Morgan fingerprint density at radius 1 is 1.32 bits per heavy atom. The molecule has 0 aromatic carbocycles. The van der Waals surface area contributed by atoms with Crippen LogP contribution in [0.5, 0.6) is 0 Å². The van der Waals surface area contributed by atoms with Gasteiger partial charge in [-0.05, 0) is 31.4 Å². The maximum absolute atomic E-state index is 11.1. The summed E-state index contributed by atoms with van der Waals surface area (Å²) >= 11 is 0. The number of nitrogens with zero attached hydrogens (tertiary/aromatic N) is 1. The van der Waals surface area contributed by atoms with Crippen LogP contribution < -0.4 is 0 Å². The highest BCUT2D eigenvalue weighted by Gasteiger charge is 2.34. The molecule has 0 bridgehead atoms. The van der Waals surface area contributed by atoms with Crippen molar-refractivity contribution in [1.29, 1.82) is 0 Å². The largest absolute Gasteiger partial charge is 0.493 e. The van der Waals surface area contributed by atoms with Gasteiger partial charge in [0.2, 0.25) is 0 Å². The van der Waals surface area contributed by atoms with Gasteiger partial charge in [0.05, 0.1) is 27.4 Å². The molecule has 2 rings (SSSR count). The van der Waals surface area contributed by atoms with Gasteiger partial charge in [0.1, 0.15) is 6.23 Å². The van der Waals surface area contributed by atoms with Gasteiger partial charge < -0.3 is 24.4 Å². The Kier molecular flexibility index (Phi) is 7.74. The van der Waals surface area contributed by atoms with Gasteiger partial charge in [0.25, 0.3) is 0 Å². The Morgan fingerprint density at radius 3 is 2.76 bits per heavy atom. The van der Waals surface area contributed by atoms with Gasteiger partial charge in [0.15, 0.2) is 11.5 Å². The van der Waals surface area contributed by atoms with Gasteiger partial charge in [-0.1, -0.05) is 6.42 Å². The van der Waals surface area contributed by atoms with Crippen LogP contribution in [0.25, 0.3) is 0 Å². The number of esters is 1. The van der Waals surface area contributed by atoms with Crippen LogP contribution in [0.3, 0.4) is 0 Å². The van der Waals surface area contributed by atoms with Crippen LogP contribution in [0.15, 0.2) is 23.7 Å². The van der Waals surface area contributed by atoms with E-state index in [0.717, 1.165) is 25.8 Å². The van der Waals surface area contributed by atoms with E-state index in [9.17, 15) is 15.0 Å². The zero-order chi connectivity index (χ0) is 18.2. The van der Waals surface area contributed by atoms with E-state index in [1.807, 2.05) is 17.1 Å². The molecule has 25 heavy (non-hydrogen) atoms. The number of ether oxygens (including phenoxy) is 3. The van der Waals surface area contributed by atoms with Crippen molar-refractivity contribution in [2.24, 2.45) is 5.92 Å². The van der Waals surface area contributed by atoms with Crippen LogP contribution in [0.2, 0.25) is 0 Å². The first-order chi connectivity index (χ1) is 12.1. The Hall–Kier alpha value is -1.57. The number of piperidine rings is 1. The molecule has 2 aliphatic rings. The second-order valence-electron chi connectivity index (χ2n) is 6.36. The molecule has 1 fully saturated rings. The summed E-state index contributed by atoms with van der Waals surface area (Å²) in [6.07, 6.45) is 6.78. The van der Waals surface area contributed by atoms with Gasteiger partial charge in [-0.25, -0.2) is 0 Å². The van der Waals surface area contributed by atoms with Gasteiger partial charge in [0, 0.05) is 24.9 Å². The highest BCUT2D eigenvalue weighted by atomic mass is 16.5. The third-order valence-corrected chi connectivity index (χ3v) is 4.73. The van der Waals surface area contributed by atoms with E-state index in [0.29, 0.717) is 31.0 Å². The highest BCUT2D eigenvalue weighted by molar-refractivity contribution is 5.69. The third kappa shape index (κ3) is 5.20. The summed E-state index contributed by atoms with van der Waals surface area (Å²) in [4.78, 5) is 13.1. The summed E-state index contributed by atoms with van der Waals surface area (Å²) < 4.78 is 15.6. The standard InChI is InChI=1S/C18H29NO6/c1-23-15-10-13(11-16(15)25-9-5-7-17(21)24-2)18(22)19-8-4-3-6-14(19)12-20/h10-11,13-14,18,20,22H,3-9,12H2,1-2H3/t13?,14-,18?/m0/s1. The number of rotatable bonds is 9. The van der Waals surface area contributed by atoms with Crippen LogP contribution in [0.4, 0.5) is 0 Å². The zero-order valence-electron chi connectivity index (χ0n) is 15.0. The lowest BCUT2D eigenvalue weighted by Crippen LogP contribution is -2.50. The van der Waals surface area contributed by atoms with Crippen molar-refractivity contribution in [2.75, 3.05) is 34.0 Å². The third-order valence-electron chi connectivity index (χ3n) is 4.73. The Morgan fingerprint density at radius 2 is 2.08 bits per heavy atom. The van der Waals surface area contributed by atoms with Crippen LogP contribution in [0.1, 0.15) is 32.1 Å². The molecule has 1 aliphatic carbocycles. The van der Waals surface area contributed by atoms with E-state index in [1.165, 1.54) is 7.11 Å². The van der Waals surface area contributed by atoms with Crippen molar-refractivity contribution >= 4 is 5.97 Å². The average Bonchev–Trinajstić information content (AvgIpc) is 3.07. The molecule has 0 aromatic rings. The second-order valence-corrected chi connectivity index (χ2v) is 6.36. The molecule has 0 saturated carbocycles. The number of carbonyl (C=O) groups is 1. The number of methoxy groups -OCH3 is 2. The molecular formula is C18H29NO6. The summed E-state index contributed by atoms with van der Waals surface area (Å²) in [5, 5.41) is 20.3. The predicted octanol–water partition coefficient (Wildman–Crippen LogP) is 1.17. The SMILES string of the molecule is COC(=O)CCCOC1=CC(C(O)N2CCCC[C@H]2CO)C=C1OC. The minimum absolute atomic E-state index is 0.0124. The smallest absolute Gasteiger partial charge is 0.305 e. The fraction of sp³-hybridized carbons (Fsp3) is 0.722. The molecule has 1 aliphatic heterocycles. The minimum Gasteiger partial charge on any atom is -0.493 e. The summed E-state index contributed by atoms with van der Waals surface area (Å²) in [6, 6.07) is -0.0124. The maximum Gasteiger partial charge on any atom is 0.305 e. The molecule has 1 heterocycles. The van der Waals surface area contributed by atoms with E-state index >= 15 is 0 Å². The van der Waals surface area contributed by atoms with E-state index in [4.69, 9.17) is 9.47 Å². The molecule has 3 atom stereocenters.